The first-order valence-corrected chi connectivity index (χ1v) is 11.6. The number of nitrogens with zero attached hydrogens (tertiary/aromatic N) is 4. The molecule has 37 heavy (non-hydrogen) atoms. The number of halogens is 1. The number of nitrogen functional groups attached to an aromatic ring is 2. The second-order valence-corrected chi connectivity index (χ2v) is 8.75. The Morgan fingerprint density at radius 1 is 1.05 bits per heavy atom. The summed E-state index contributed by atoms with van der Waals surface area (Å²) >= 11 is 5.77. The highest BCUT2D eigenvalue weighted by atomic mass is 35.5. The van der Waals surface area contributed by atoms with Gasteiger partial charge in [-0.15, -0.1) is 0 Å². The molecule has 200 valence electrons. The summed E-state index contributed by atoms with van der Waals surface area (Å²) in [5, 5.41) is 2.71. The lowest BCUT2D eigenvalue weighted by Crippen LogP contribution is -2.57. The molecule has 0 saturated heterocycles. The number of benzene rings is 1. The number of unbranched alkanes of at least 4 members (excludes halogenated alkanes) is 1. The molecule has 0 aliphatic carbocycles. The first kappa shape index (κ1) is 29.1. The van der Waals surface area contributed by atoms with Crippen LogP contribution in [0.5, 0.6) is 5.75 Å². The summed E-state index contributed by atoms with van der Waals surface area (Å²) in [6.45, 7) is 0.698. The summed E-state index contributed by atoms with van der Waals surface area (Å²) in [5.41, 5.74) is 28.3. The van der Waals surface area contributed by atoms with Gasteiger partial charge >= 0.3 is 11.9 Å². The Hall–Kier alpha value is -4.17. The van der Waals surface area contributed by atoms with Gasteiger partial charge in [-0.3, -0.25) is 9.59 Å². The van der Waals surface area contributed by atoms with Crippen molar-refractivity contribution >= 4 is 47.0 Å². The standard InChI is InChI=1S/C22H31ClN10O4/c1-33(22(28)36,12-15(24)34)10-11-37-14-7-5-13(6-8-14)4-2-3-9-29-21(27)32-20(35)16-18(25)31-19(26)17(23)30-16/h5-8H,2-4,9-12H2,1H3,(H10-,24,25,26,27,28,29,31,32,34,35,36)/p+1. The predicted octanol–water partition coefficient (Wildman–Crippen LogP) is -0.249. The minimum absolute atomic E-state index is 0.0810. The predicted molar refractivity (Wildman–Crippen MR) is 139 cm³/mol. The van der Waals surface area contributed by atoms with Crippen molar-refractivity contribution < 1.29 is 23.6 Å². The Balaban J connectivity index is 1.73. The Morgan fingerprint density at radius 2 is 1.73 bits per heavy atom. The van der Waals surface area contributed by atoms with Gasteiger partial charge in [-0.25, -0.2) is 19.2 Å². The molecule has 15 heteroatoms. The Bertz CT molecular complexity index is 1160. The SMILES string of the molecule is C[N+](CCOc1ccc(CCCCNC(N)=NC(=O)c2nc(Cl)c(N)nc2N)cc1)(CC(N)=O)C(N)=O. The Kier molecular flexibility index (Phi) is 10.4. The summed E-state index contributed by atoms with van der Waals surface area (Å²) in [7, 11) is 1.53. The van der Waals surface area contributed by atoms with Crippen LogP contribution in [0.4, 0.5) is 16.4 Å². The molecule has 2 aromatic rings. The van der Waals surface area contributed by atoms with E-state index in [0.29, 0.717) is 12.3 Å². The van der Waals surface area contributed by atoms with E-state index in [0.717, 1.165) is 24.8 Å². The number of ether oxygens (including phenoxy) is 1. The molecule has 4 amide bonds. The number of primary amides is 2. The third kappa shape index (κ3) is 9.09. The minimum atomic E-state index is -0.787. The Morgan fingerprint density at radius 3 is 2.35 bits per heavy atom. The molecule has 1 unspecified atom stereocenters. The van der Waals surface area contributed by atoms with E-state index in [9.17, 15) is 14.4 Å². The lowest BCUT2D eigenvalue weighted by molar-refractivity contribution is -0.820. The first-order chi connectivity index (χ1) is 17.4. The number of anilines is 2. The fourth-order valence-corrected chi connectivity index (χ4v) is 3.33. The van der Waals surface area contributed by atoms with Crippen molar-refractivity contribution in [1.29, 1.82) is 0 Å². The molecule has 0 bridgehead atoms. The van der Waals surface area contributed by atoms with Gasteiger partial charge in [-0.2, -0.15) is 4.99 Å². The quantitative estimate of drug-likeness (QED) is 0.0900. The van der Waals surface area contributed by atoms with Gasteiger partial charge in [0, 0.05) is 6.54 Å². The number of aliphatic imine (C=N–C) groups is 1. The van der Waals surface area contributed by atoms with Gasteiger partial charge in [0.2, 0.25) is 0 Å². The van der Waals surface area contributed by atoms with Crippen molar-refractivity contribution in [2.75, 3.05) is 44.8 Å². The van der Waals surface area contributed by atoms with E-state index in [2.05, 4.69) is 20.3 Å². The van der Waals surface area contributed by atoms with E-state index in [4.69, 9.17) is 45.0 Å². The van der Waals surface area contributed by atoms with Crippen LogP contribution in [0.15, 0.2) is 29.3 Å². The average molecular weight is 536 g/mol. The molecule has 1 atom stereocenters. The van der Waals surface area contributed by atoms with Crippen LogP contribution in [0.2, 0.25) is 5.15 Å². The van der Waals surface area contributed by atoms with Crippen molar-refractivity contribution in [3.05, 3.63) is 40.7 Å². The molecule has 0 radical (unpaired) electrons. The van der Waals surface area contributed by atoms with Gasteiger partial charge in [-0.1, -0.05) is 23.7 Å². The van der Waals surface area contributed by atoms with Gasteiger partial charge in [0.05, 0.1) is 7.05 Å². The highest BCUT2D eigenvalue weighted by Gasteiger charge is 2.31. The molecule has 1 heterocycles. The summed E-state index contributed by atoms with van der Waals surface area (Å²) in [6.07, 6.45) is 2.42. The number of hydrogen-bond donors (Lipinski definition) is 6. The lowest BCUT2D eigenvalue weighted by atomic mass is 10.1. The normalized spacial score (nSPS) is 13.0. The van der Waals surface area contributed by atoms with Crippen LogP contribution in [0.25, 0.3) is 0 Å². The van der Waals surface area contributed by atoms with E-state index < -0.39 is 17.8 Å². The largest absolute Gasteiger partial charge is 0.488 e. The molecule has 11 N–H and O–H groups in total. The monoisotopic (exact) mass is 535 g/mol. The third-order valence-electron chi connectivity index (χ3n) is 5.34. The maximum Gasteiger partial charge on any atom is 0.414 e. The van der Waals surface area contributed by atoms with Crippen LogP contribution >= 0.6 is 11.6 Å². The number of aromatic nitrogens is 2. The summed E-state index contributed by atoms with van der Waals surface area (Å²) < 4.78 is 5.34. The van der Waals surface area contributed by atoms with Crippen LogP contribution in [0.3, 0.4) is 0 Å². The highest BCUT2D eigenvalue weighted by Crippen LogP contribution is 2.18. The second-order valence-electron chi connectivity index (χ2n) is 8.39. The van der Waals surface area contributed by atoms with Gasteiger partial charge in [0.25, 0.3) is 5.91 Å². The lowest BCUT2D eigenvalue weighted by Gasteiger charge is -2.27. The number of quaternary nitrogens is 1. The number of nitrogens with two attached hydrogens (primary N) is 5. The molecule has 0 aliphatic heterocycles. The zero-order chi connectivity index (χ0) is 27.6. The van der Waals surface area contributed by atoms with Crippen molar-refractivity contribution in [1.82, 2.24) is 15.3 Å². The first-order valence-electron chi connectivity index (χ1n) is 11.3. The fraction of sp³-hybridized carbons (Fsp3) is 0.364. The number of carbonyl (C=O) groups excluding carboxylic acids is 3. The van der Waals surface area contributed by atoms with Crippen LogP contribution in [-0.2, 0) is 11.2 Å². The maximum atomic E-state index is 12.2. The van der Waals surface area contributed by atoms with Gasteiger partial charge in [-0.05, 0) is 37.0 Å². The van der Waals surface area contributed by atoms with Gasteiger partial charge in [0.1, 0.15) is 18.9 Å². The molecule has 1 aromatic heterocycles. The average Bonchev–Trinajstić information content (AvgIpc) is 2.81. The number of hydrogen-bond acceptors (Lipinski definition) is 8. The number of rotatable bonds is 12. The van der Waals surface area contributed by atoms with Crippen LogP contribution < -0.4 is 38.7 Å². The summed E-state index contributed by atoms with van der Waals surface area (Å²) in [4.78, 5) is 46.2. The van der Waals surface area contributed by atoms with Crippen LogP contribution in [0, 0.1) is 0 Å². The van der Waals surface area contributed by atoms with Crippen LogP contribution in [-0.4, -0.2) is 71.5 Å². The van der Waals surface area contributed by atoms with Crippen molar-refractivity contribution in [2.45, 2.75) is 19.3 Å². The number of likely N-dealkylation sites (N-methyl/N-ethyl adjacent to an activating group) is 1. The number of nitrogens with one attached hydrogen (secondary N) is 1. The Labute approximate surface area is 218 Å². The molecule has 0 spiro atoms. The molecule has 1 aromatic carbocycles. The molecule has 0 saturated carbocycles. The van der Waals surface area contributed by atoms with E-state index in [1.165, 1.54) is 7.05 Å². The molecule has 2 rings (SSSR count). The number of amides is 4. The topological polar surface area (TPSA) is 241 Å². The van der Waals surface area contributed by atoms with Gasteiger partial charge < -0.3 is 38.7 Å². The fourth-order valence-electron chi connectivity index (χ4n) is 3.20. The van der Waals surface area contributed by atoms with E-state index in [-0.39, 0.29) is 52.6 Å². The van der Waals surface area contributed by atoms with Gasteiger partial charge in [0.15, 0.2) is 35.0 Å². The maximum absolute atomic E-state index is 12.2. The number of urea groups is 1. The van der Waals surface area contributed by atoms with E-state index in [1.807, 2.05) is 24.3 Å². The molecule has 14 nitrogen and oxygen atoms in total. The number of carbonyl (C=O) groups is 3. The summed E-state index contributed by atoms with van der Waals surface area (Å²) in [5.74, 6) is -1.13. The van der Waals surface area contributed by atoms with Crippen molar-refractivity contribution in [2.24, 2.45) is 22.2 Å². The number of aryl methyl sites for hydroxylation is 1. The third-order valence-corrected chi connectivity index (χ3v) is 5.62. The minimum Gasteiger partial charge on any atom is -0.488 e. The molecular weight excluding hydrogens is 504 g/mol. The highest BCUT2D eigenvalue weighted by molar-refractivity contribution is 6.31. The van der Waals surface area contributed by atoms with Crippen molar-refractivity contribution in [3.63, 3.8) is 0 Å². The van der Waals surface area contributed by atoms with Crippen LogP contribution in [0.1, 0.15) is 28.9 Å². The molecule has 0 aliphatic rings. The molecule has 0 fully saturated rings. The van der Waals surface area contributed by atoms with Crippen molar-refractivity contribution in [3.8, 4) is 5.75 Å². The smallest absolute Gasteiger partial charge is 0.414 e. The second kappa shape index (κ2) is 13.2. The number of guanidine groups is 1. The zero-order valence-corrected chi connectivity index (χ0v) is 21.2. The summed E-state index contributed by atoms with van der Waals surface area (Å²) in [6, 6.07) is 6.87. The molecular formula is C22H32ClN10O4+. The van der Waals surface area contributed by atoms with E-state index in [1.54, 1.807) is 0 Å². The van der Waals surface area contributed by atoms with E-state index >= 15 is 0 Å². The zero-order valence-electron chi connectivity index (χ0n) is 20.4.